The maximum absolute atomic E-state index is 6.06. The summed E-state index contributed by atoms with van der Waals surface area (Å²) in [6, 6.07) is 15.4. The molecule has 0 amide bonds. The Balaban J connectivity index is 2.05. The summed E-state index contributed by atoms with van der Waals surface area (Å²) in [6.07, 6.45) is 1.81. The van der Waals surface area contributed by atoms with E-state index in [1.807, 2.05) is 48.5 Å². The van der Waals surface area contributed by atoms with Crippen molar-refractivity contribution in [3.05, 3.63) is 64.2 Å². The zero-order chi connectivity index (χ0) is 14.1. The molecule has 0 aliphatic rings. The van der Waals surface area contributed by atoms with Crippen LogP contribution in [0.1, 0.15) is 0 Å². The fraction of sp³-hybridized carbons (Fsp3) is 0. The summed E-state index contributed by atoms with van der Waals surface area (Å²) in [4.78, 5) is 0. The average Bonchev–Trinajstić information content (AvgIpc) is 2.82. The van der Waals surface area contributed by atoms with Gasteiger partial charge >= 0.3 is 0 Å². The highest BCUT2D eigenvalue weighted by molar-refractivity contribution is 9.10. The van der Waals surface area contributed by atoms with Crippen LogP contribution in [0.5, 0.6) is 0 Å². The van der Waals surface area contributed by atoms with Crippen molar-refractivity contribution in [3.63, 3.8) is 0 Å². The molecule has 3 rings (SSSR count). The average molecular weight is 349 g/mol. The van der Waals surface area contributed by atoms with Gasteiger partial charge < -0.3 is 5.73 Å². The Kier molecular flexibility index (Phi) is 3.51. The molecular formula is C15H11BrClN3. The third-order valence-electron chi connectivity index (χ3n) is 2.93. The number of nitrogens with zero attached hydrogens (tertiary/aromatic N) is 2. The predicted molar refractivity (Wildman–Crippen MR) is 86.1 cm³/mol. The van der Waals surface area contributed by atoms with Gasteiger partial charge in [0.25, 0.3) is 0 Å². The van der Waals surface area contributed by atoms with Crippen LogP contribution in [0.25, 0.3) is 16.9 Å². The molecule has 0 spiro atoms. The number of rotatable bonds is 2. The molecule has 0 radical (unpaired) electrons. The van der Waals surface area contributed by atoms with Crippen LogP contribution < -0.4 is 5.73 Å². The van der Waals surface area contributed by atoms with Gasteiger partial charge in [0, 0.05) is 15.1 Å². The first-order chi connectivity index (χ1) is 9.63. The van der Waals surface area contributed by atoms with Gasteiger partial charge in [-0.3, -0.25) is 0 Å². The van der Waals surface area contributed by atoms with E-state index in [0.29, 0.717) is 10.7 Å². The van der Waals surface area contributed by atoms with E-state index in [-0.39, 0.29) is 0 Å². The van der Waals surface area contributed by atoms with Gasteiger partial charge in [-0.05, 0) is 36.4 Å². The van der Waals surface area contributed by atoms with E-state index in [4.69, 9.17) is 17.3 Å². The van der Waals surface area contributed by atoms with Crippen molar-refractivity contribution in [2.24, 2.45) is 0 Å². The second-order valence-corrected chi connectivity index (χ2v) is 5.72. The number of halogens is 2. The van der Waals surface area contributed by atoms with E-state index >= 15 is 0 Å². The van der Waals surface area contributed by atoms with E-state index < -0.39 is 0 Å². The summed E-state index contributed by atoms with van der Waals surface area (Å²) in [6.45, 7) is 0. The summed E-state index contributed by atoms with van der Waals surface area (Å²) in [7, 11) is 0. The molecule has 1 aromatic heterocycles. The quantitative estimate of drug-likeness (QED) is 0.739. The number of nitrogen functional groups attached to an aromatic ring is 1. The van der Waals surface area contributed by atoms with Gasteiger partial charge in [-0.2, -0.15) is 5.10 Å². The molecule has 0 saturated carbocycles. The van der Waals surface area contributed by atoms with Gasteiger partial charge in [0.2, 0.25) is 0 Å². The lowest BCUT2D eigenvalue weighted by Gasteiger charge is -2.01. The lowest BCUT2D eigenvalue weighted by Crippen LogP contribution is -1.94. The van der Waals surface area contributed by atoms with Gasteiger partial charge in [-0.25, -0.2) is 4.68 Å². The van der Waals surface area contributed by atoms with E-state index in [1.165, 1.54) is 0 Å². The Morgan fingerprint density at radius 3 is 2.55 bits per heavy atom. The largest absolute Gasteiger partial charge is 0.396 e. The zero-order valence-electron chi connectivity index (χ0n) is 10.4. The monoisotopic (exact) mass is 347 g/mol. The Morgan fingerprint density at radius 2 is 1.85 bits per heavy atom. The number of aromatic nitrogens is 2. The maximum atomic E-state index is 6.06. The second kappa shape index (κ2) is 5.31. The third kappa shape index (κ3) is 2.57. The Morgan fingerprint density at radius 1 is 1.10 bits per heavy atom. The zero-order valence-corrected chi connectivity index (χ0v) is 12.8. The summed E-state index contributed by atoms with van der Waals surface area (Å²) in [5.74, 6) is 0. The fourth-order valence-corrected chi connectivity index (χ4v) is 2.43. The minimum Gasteiger partial charge on any atom is -0.396 e. The van der Waals surface area contributed by atoms with Crippen molar-refractivity contribution in [2.75, 3.05) is 5.73 Å². The molecule has 0 atom stereocenters. The molecule has 1 heterocycles. The van der Waals surface area contributed by atoms with E-state index in [9.17, 15) is 0 Å². The smallest absolute Gasteiger partial charge is 0.116 e. The normalized spacial score (nSPS) is 10.7. The van der Waals surface area contributed by atoms with E-state index in [2.05, 4.69) is 21.0 Å². The Labute approximate surface area is 130 Å². The first-order valence-electron chi connectivity index (χ1n) is 6.00. The molecule has 20 heavy (non-hydrogen) atoms. The highest BCUT2D eigenvalue weighted by Gasteiger charge is 2.10. The summed E-state index contributed by atoms with van der Waals surface area (Å²) in [5, 5.41) is 5.21. The first kappa shape index (κ1) is 13.2. The van der Waals surface area contributed by atoms with Crippen LogP contribution in [0, 0.1) is 0 Å². The highest BCUT2D eigenvalue weighted by Crippen LogP contribution is 2.27. The molecule has 3 aromatic rings. The lowest BCUT2D eigenvalue weighted by atomic mass is 10.1. The van der Waals surface area contributed by atoms with Crippen LogP contribution in [0.4, 0.5) is 5.69 Å². The van der Waals surface area contributed by atoms with E-state index in [0.717, 1.165) is 21.4 Å². The Hall–Kier alpha value is -1.78. The second-order valence-electron chi connectivity index (χ2n) is 4.36. The van der Waals surface area contributed by atoms with Gasteiger partial charge in [0.15, 0.2) is 0 Å². The topological polar surface area (TPSA) is 43.8 Å². The molecule has 0 fully saturated rings. The number of anilines is 1. The standard InChI is InChI=1S/C15H11BrClN3/c16-11-4-6-13(7-5-11)20-9-14(18)15(19-20)10-2-1-3-12(17)8-10/h1-9H,18H2. The lowest BCUT2D eigenvalue weighted by molar-refractivity contribution is 0.884. The summed E-state index contributed by atoms with van der Waals surface area (Å²) < 4.78 is 2.79. The molecule has 3 nitrogen and oxygen atoms in total. The van der Waals surface area contributed by atoms with Crippen LogP contribution in [0.2, 0.25) is 5.02 Å². The van der Waals surface area contributed by atoms with Gasteiger partial charge in [0.1, 0.15) is 5.69 Å². The minimum atomic E-state index is 0.621. The molecule has 0 aliphatic heterocycles. The van der Waals surface area contributed by atoms with Gasteiger partial charge in [-0.15, -0.1) is 0 Å². The molecule has 0 unspecified atom stereocenters. The maximum Gasteiger partial charge on any atom is 0.116 e. The van der Waals surface area contributed by atoms with Crippen molar-refractivity contribution < 1.29 is 0 Å². The molecule has 100 valence electrons. The van der Waals surface area contributed by atoms with Crippen LogP contribution >= 0.6 is 27.5 Å². The van der Waals surface area contributed by atoms with Crippen LogP contribution in [-0.4, -0.2) is 9.78 Å². The Bertz CT molecular complexity index is 750. The minimum absolute atomic E-state index is 0.621. The molecule has 5 heteroatoms. The summed E-state index contributed by atoms with van der Waals surface area (Å²) >= 11 is 9.42. The molecule has 0 aliphatic carbocycles. The highest BCUT2D eigenvalue weighted by atomic mass is 79.9. The number of benzene rings is 2. The molecule has 0 bridgehead atoms. The predicted octanol–water partition coefficient (Wildman–Crippen LogP) is 4.54. The van der Waals surface area contributed by atoms with Crippen molar-refractivity contribution >= 4 is 33.2 Å². The number of hydrogen-bond donors (Lipinski definition) is 1. The molecular weight excluding hydrogens is 338 g/mol. The van der Waals surface area contributed by atoms with Crippen LogP contribution in [-0.2, 0) is 0 Å². The summed E-state index contributed by atoms with van der Waals surface area (Å²) in [5.41, 5.74) is 9.27. The van der Waals surface area contributed by atoms with Crippen LogP contribution in [0.15, 0.2) is 59.2 Å². The van der Waals surface area contributed by atoms with E-state index in [1.54, 1.807) is 10.9 Å². The van der Waals surface area contributed by atoms with Crippen molar-refractivity contribution in [3.8, 4) is 16.9 Å². The van der Waals surface area contributed by atoms with Gasteiger partial charge in [0.05, 0.1) is 17.6 Å². The van der Waals surface area contributed by atoms with Gasteiger partial charge in [-0.1, -0.05) is 39.7 Å². The van der Waals surface area contributed by atoms with Crippen molar-refractivity contribution in [1.29, 1.82) is 0 Å². The van der Waals surface area contributed by atoms with Crippen LogP contribution in [0.3, 0.4) is 0 Å². The fourth-order valence-electron chi connectivity index (χ4n) is 1.97. The number of hydrogen-bond acceptors (Lipinski definition) is 2. The molecule has 2 aromatic carbocycles. The van der Waals surface area contributed by atoms with Crippen molar-refractivity contribution in [1.82, 2.24) is 9.78 Å². The third-order valence-corrected chi connectivity index (χ3v) is 3.70. The molecule has 0 saturated heterocycles. The first-order valence-corrected chi connectivity index (χ1v) is 7.17. The SMILES string of the molecule is Nc1cn(-c2ccc(Br)cc2)nc1-c1cccc(Cl)c1. The number of nitrogens with two attached hydrogens (primary N) is 1. The molecule has 2 N–H and O–H groups in total. The van der Waals surface area contributed by atoms with Crippen molar-refractivity contribution in [2.45, 2.75) is 0 Å².